The van der Waals surface area contributed by atoms with Crippen LogP contribution >= 0.6 is 23.2 Å². The van der Waals surface area contributed by atoms with E-state index in [-0.39, 0.29) is 17.5 Å². The molecule has 0 saturated carbocycles. The minimum atomic E-state index is -4.89. The number of alkyl halides is 3. The second-order valence-corrected chi connectivity index (χ2v) is 12.8. The summed E-state index contributed by atoms with van der Waals surface area (Å²) in [4.78, 5) is 28.0. The molecule has 232 valence electrons. The molecular weight excluding hydrogens is 626 g/mol. The predicted molar refractivity (Wildman–Crippen MR) is 162 cm³/mol. The van der Waals surface area contributed by atoms with Crippen LogP contribution in [0.15, 0.2) is 71.6 Å². The van der Waals surface area contributed by atoms with Crippen molar-refractivity contribution >= 4 is 50.7 Å². The number of nitrogens with zero attached hydrogens (tertiary/aromatic N) is 2. The summed E-state index contributed by atoms with van der Waals surface area (Å²) in [6.07, 6.45) is -4.26. The molecule has 0 fully saturated rings. The SMILES string of the molecule is CC[C@H](C)NC(=O)[C@@H](C)N(Cc1ccc(Cl)cc1)C(=O)CN(c1ccc(Cl)c(C(F)(F)F)c1)S(=O)(=O)c1ccc(C)cc1. The van der Waals surface area contributed by atoms with Gasteiger partial charge in [-0.1, -0.05) is 60.0 Å². The third kappa shape index (κ3) is 8.64. The highest BCUT2D eigenvalue weighted by molar-refractivity contribution is 7.92. The Morgan fingerprint density at radius 2 is 1.56 bits per heavy atom. The normalized spacial score (nSPS) is 13.2. The maximum atomic E-state index is 13.9. The number of carbonyl (C=O) groups is 2. The van der Waals surface area contributed by atoms with Gasteiger partial charge in [-0.2, -0.15) is 13.2 Å². The van der Waals surface area contributed by atoms with E-state index in [0.717, 1.165) is 17.7 Å². The van der Waals surface area contributed by atoms with Crippen molar-refractivity contribution < 1.29 is 31.2 Å². The highest BCUT2D eigenvalue weighted by Crippen LogP contribution is 2.38. The van der Waals surface area contributed by atoms with Gasteiger partial charge in [0, 0.05) is 17.6 Å². The average Bonchev–Trinajstić information content (AvgIpc) is 2.95. The molecule has 3 aromatic carbocycles. The second-order valence-electron chi connectivity index (χ2n) is 10.1. The maximum Gasteiger partial charge on any atom is 0.417 e. The van der Waals surface area contributed by atoms with Crippen molar-refractivity contribution in [2.45, 2.75) is 63.8 Å². The van der Waals surface area contributed by atoms with Crippen LogP contribution in [0.5, 0.6) is 0 Å². The van der Waals surface area contributed by atoms with Gasteiger partial charge in [0.15, 0.2) is 0 Å². The summed E-state index contributed by atoms with van der Waals surface area (Å²) in [7, 11) is -4.56. The molecule has 0 saturated heterocycles. The number of aryl methyl sites for hydroxylation is 1. The van der Waals surface area contributed by atoms with E-state index in [4.69, 9.17) is 23.2 Å². The monoisotopic (exact) mass is 657 g/mol. The first-order chi connectivity index (χ1) is 20.0. The maximum absolute atomic E-state index is 13.9. The van der Waals surface area contributed by atoms with E-state index in [9.17, 15) is 31.2 Å². The van der Waals surface area contributed by atoms with Crippen molar-refractivity contribution in [3.63, 3.8) is 0 Å². The van der Waals surface area contributed by atoms with Crippen molar-refractivity contribution in [3.8, 4) is 0 Å². The number of hydrogen-bond donors (Lipinski definition) is 1. The van der Waals surface area contributed by atoms with Crippen LogP contribution < -0.4 is 9.62 Å². The third-order valence-corrected chi connectivity index (χ3v) is 9.24. The van der Waals surface area contributed by atoms with Gasteiger partial charge in [0.2, 0.25) is 11.8 Å². The van der Waals surface area contributed by atoms with Gasteiger partial charge in [-0.05, 0) is 75.2 Å². The van der Waals surface area contributed by atoms with Crippen molar-refractivity contribution in [1.29, 1.82) is 0 Å². The van der Waals surface area contributed by atoms with Gasteiger partial charge < -0.3 is 10.2 Å². The van der Waals surface area contributed by atoms with E-state index in [1.165, 1.54) is 36.1 Å². The lowest BCUT2D eigenvalue weighted by Gasteiger charge is -2.32. The average molecular weight is 659 g/mol. The molecule has 2 atom stereocenters. The summed E-state index contributed by atoms with van der Waals surface area (Å²) in [5.74, 6) is -1.29. The molecule has 7 nitrogen and oxygen atoms in total. The molecule has 0 aromatic heterocycles. The summed E-state index contributed by atoms with van der Waals surface area (Å²) in [6.45, 7) is 5.91. The molecule has 0 aliphatic rings. The topological polar surface area (TPSA) is 86.8 Å². The largest absolute Gasteiger partial charge is 0.417 e. The van der Waals surface area contributed by atoms with Gasteiger partial charge in [0.05, 0.1) is 21.2 Å². The van der Waals surface area contributed by atoms with Gasteiger partial charge in [-0.3, -0.25) is 13.9 Å². The summed E-state index contributed by atoms with van der Waals surface area (Å²) >= 11 is 11.8. The number of nitrogens with one attached hydrogen (secondary N) is 1. The molecule has 0 spiro atoms. The highest BCUT2D eigenvalue weighted by atomic mass is 35.5. The number of halogens is 5. The Kier molecular flexibility index (Phi) is 11.1. The van der Waals surface area contributed by atoms with Gasteiger partial charge in [-0.25, -0.2) is 8.42 Å². The Bertz CT molecular complexity index is 1550. The molecule has 0 bridgehead atoms. The molecule has 0 radical (unpaired) electrons. The number of carbonyl (C=O) groups excluding carboxylic acids is 2. The van der Waals surface area contributed by atoms with Crippen LogP contribution in [0.1, 0.15) is 43.9 Å². The zero-order chi connectivity index (χ0) is 32.1. The summed E-state index contributed by atoms with van der Waals surface area (Å²) in [5, 5.41) is 2.63. The van der Waals surface area contributed by atoms with Crippen LogP contribution in [-0.2, 0) is 32.3 Å². The lowest BCUT2D eigenvalue weighted by molar-refractivity contribution is -0.139. The first kappa shape index (κ1) is 34.2. The fraction of sp³-hybridized carbons (Fsp3) is 0.333. The van der Waals surface area contributed by atoms with Crippen molar-refractivity contribution in [2.75, 3.05) is 10.8 Å². The molecule has 1 N–H and O–H groups in total. The number of anilines is 1. The van der Waals surface area contributed by atoms with E-state index in [1.807, 2.05) is 6.92 Å². The van der Waals surface area contributed by atoms with Crippen LogP contribution in [0.25, 0.3) is 0 Å². The number of sulfonamides is 1. The van der Waals surface area contributed by atoms with E-state index >= 15 is 0 Å². The molecule has 3 rings (SSSR count). The van der Waals surface area contributed by atoms with Crippen LogP contribution in [0.3, 0.4) is 0 Å². The summed E-state index contributed by atoms with van der Waals surface area (Å²) in [5.41, 5.74) is -0.334. The first-order valence-corrected chi connectivity index (χ1v) is 15.5. The molecule has 2 amide bonds. The van der Waals surface area contributed by atoms with E-state index in [2.05, 4.69) is 5.32 Å². The van der Waals surface area contributed by atoms with Gasteiger partial charge in [0.1, 0.15) is 12.6 Å². The van der Waals surface area contributed by atoms with Crippen LogP contribution in [0, 0.1) is 6.92 Å². The quantitative estimate of drug-likeness (QED) is 0.244. The number of rotatable bonds is 11. The summed E-state index contributed by atoms with van der Waals surface area (Å²) in [6, 6.07) is 13.5. The third-order valence-electron chi connectivity index (χ3n) is 6.87. The Morgan fingerprint density at radius 1 is 0.953 bits per heavy atom. The number of amides is 2. The zero-order valence-corrected chi connectivity index (χ0v) is 26.3. The summed E-state index contributed by atoms with van der Waals surface area (Å²) < 4.78 is 69.6. The highest BCUT2D eigenvalue weighted by Gasteiger charge is 2.37. The first-order valence-electron chi connectivity index (χ1n) is 13.3. The Hall–Kier alpha value is -3.28. The molecule has 0 aliphatic carbocycles. The second kappa shape index (κ2) is 14.0. The number of benzene rings is 3. The fourth-order valence-electron chi connectivity index (χ4n) is 4.09. The Labute approximate surface area is 259 Å². The standard InChI is InChI=1S/C30H32Cl2F3N3O4S/c1-5-20(3)36-29(40)21(4)37(17-22-8-10-23(31)11-9-22)28(39)18-38(43(41,42)25-13-6-19(2)7-14-25)24-12-15-27(32)26(16-24)30(33,34)35/h6-16,20-21H,5,17-18H2,1-4H3,(H,36,40)/t20-,21+/m0/s1. The minimum absolute atomic E-state index is 0.0993. The molecule has 0 heterocycles. The van der Waals surface area contributed by atoms with Gasteiger partial charge >= 0.3 is 6.18 Å². The van der Waals surface area contributed by atoms with Crippen molar-refractivity contribution in [1.82, 2.24) is 10.2 Å². The minimum Gasteiger partial charge on any atom is -0.352 e. The van der Waals surface area contributed by atoms with Gasteiger partial charge in [-0.15, -0.1) is 0 Å². The Balaban J connectivity index is 2.11. The molecule has 0 aliphatic heterocycles. The van der Waals surface area contributed by atoms with Crippen LogP contribution in [-0.4, -0.2) is 43.8 Å². The Morgan fingerprint density at radius 3 is 2.12 bits per heavy atom. The van der Waals surface area contributed by atoms with E-state index in [0.29, 0.717) is 27.4 Å². The van der Waals surface area contributed by atoms with E-state index < -0.39 is 56.9 Å². The van der Waals surface area contributed by atoms with E-state index in [1.54, 1.807) is 38.1 Å². The zero-order valence-electron chi connectivity index (χ0n) is 24.0. The predicted octanol–water partition coefficient (Wildman–Crippen LogP) is 6.85. The van der Waals surface area contributed by atoms with Gasteiger partial charge in [0.25, 0.3) is 10.0 Å². The van der Waals surface area contributed by atoms with Crippen molar-refractivity contribution in [3.05, 3.63) is 93.5 Å². The smallest absolute Gasteiger partial charge is 0.352 e. The van der Waals surface area contributed by atoms with Crippen molar-refractivity contribution in [2.24, 2.45) is 0 Å². The van der Waals surface area contributed by atoms with Crippen LogP contribution in [0.4, 0.5) is 18.9 Å². The van der Waals surface area contributed by atoms with Crippen LogP contribution in [0.2, 0.25) is 10.0 Å². The molecule has 13 heteroatoms. The lowest BCUT2D eigenvalue weighted by Crippen LogP contribution is -2.52. The lowest BCUT2D eigenvalue weighted by atomic mass is 10.1. The molecular formula is C30H32Cl2F3N3O4S. The fourth-order valence-corrected chi connectivity index (χ4v) is 5.84. The molecule has 3 aromatic rings. The number of hydrogen-bond acceptors (Lipinski definition) is 4. The molecule has 43 heavy (non-hydrogen) atoms. The molecule has 0 unspecified atom stereocenters.